The van der Waals surface area contributed by atoms with Crippen LogP contribution in [0.25, 0.3) is 0 Å². The summed E-state index contributed by atoms with van der Waals surface area (Å²) < 4.78 is 44.1. The number of hydrogen-bond acceptors (Lipinski definition) is 4. The zero-order chi connectivity index (χ0) is 18.7. The third kappa shape index (κ3) is 4.32. The second kappa shape index (κ2) is 7.33. The third-order valence-corrected chi connectivity index (χ3v) is 4.11. The Labute approximate surface area is 148 Å². The molecule has 0 saturated carbocycles. The molecule has 1 aromatic heterocycles. The van der Waals surface area contributed by atoms with E-state index in [0.717, 1.165) is 12.1 Å². The Hall–Kier alpha value is -2.61. The monoisotopic (exact) mass is 366 g/mol. The molecule has 3 rings (SSSR count). The first-order valence-corrected chi connectivity index (χ1v) is 8.05. The van der Waals surface area contributed by atoms with Gasteiger partial charge in [0.1, 0.15) is 11.4 Å². The van der Waals surface area contributed by atoms with Crippen LogP contribution in [0.4, 0.5) is 13.2 Å². The number of rotatable bonds is 3. The highest BCUT2D eigenvalue weighted by Gasteiger charge is 2.31. The first-order chi connectivity index (χ1) is 12.3. The number of pyridine rings is 1. The van der Waals surface area contributed by atoms with Crippen molar-refractivity contribution in [1.29, 1.82) is 0 Å². The Balaban J connectivity index is 1.67. The molecule has 1 atom stereocenters. The minimum absolute atomic E-state index is 0.0362. The number of morpholine rings is 1. The van der Waals surface area contributed by atoms with E-state index in [1.54, 1.807) is 11.0 Å². The lowest BCUT2D eigenvalue weighted by atomic mass is 10.0. The van der Waals surface area contributed by atoms with E-state index in [0.29, 0.717) is 18.7 Å². The standard InChI is InChI=1S/C18H17F3N2O3/c19-18(20,21)13-3-1-2-12(8-13)9-15-11-23(6-7-26-15)17(25)16-5-4-14(24)10-22-16/h1-5,8,10,15,24H,6-7,9,11H2/t15-/m0/s1. The van der Waals surface area contributed by atoms with Crippen molar-refractivity contribution in [3.05, 3.63) is 59.4 Å². The Morgan fingerprint density at radius 2 is 2.12 bits per heavy atom. The Kier molecular flexibility index (Phi) is 5.13. The van der Waals surface area contributed by atoms with Crippen LogP contribution in [-0.2, 0) is 17.3 Å². The number of alkyl halides is 3. The predicted molar refractivity (Wildman–Crippen MR) is 86.7 cm³/mol. The van der Waals surface area contributed by atoms with E-state index in [1.165, 1.54) is 24.4 Å². The van der Waals surface area contributed by atoms with Crippen molar-refractivity contribution in [3.63, 3.8) is 0 Å². The van der Waals surface area contributed by atoms with Gasteiger partial charge in [-0.3, -0.25) is 4.79 Å². The molecule has 0 unspecified atom stereocenters. The SMILES string of the molecule is O=C(c1ccc(O)cn1)N1CCO[C@@H](Cc2cccc(C(F)(F)F)c2)C1. The molecule has 1 aliphatic heterocycles. The van der Waals surface area contributed by atoms with Gasteiger partial charge < -0.3 is 14.7 Å². The number of carbonyl (C=O) groups is 1. The van der Waals surface area contributed by atoms with Gasteiger partial charge in [0.05, 0.1) is 24.5 Å². The van der Waals surface area contributed by atoms with Crippen LogP contribution in [0.1, 0.15) is 21.6 Å². The lowest BCUT2D eigenvalue weighted by Gasteiger charge is -2.33. The number of amides is 1. The maximum atomic E-state index is 12.8. The second-order valence-corrected chi connectivity index (χ2v) is 6.05. The first kappa shape index (κ1) is 18.2. The number of ether oxygens (including phenoxy) is 1. The average Bonchev–Trinajstić information content (AvgIpc) is 2.61. The van der Waals surface area contributed by atoms with E-state index in [-0.39, 0.29) is 30.3 Å². The molecule has 2 heterocycles. The zero-order valence-electron chi connectivity index (χ0n) is 13.7. The van der Waals surface area contributed by atoms with Crippen LogP contribution >= 0.6 is 0 Å². The molecular weight excluding hydrogens is 349 g/mol. The van der Waals surface area contributed by atoms with Gasteiger partial charge in [0.2, 0.25) is 0 Å². The number of hydrogen-bond donors (Lipinski definition) is 1. The molecule has 2 aromatic rings. The van der Waals surface area contributed by atoms with Gasteiger partial charge in [0.25, 0.3) is 5.91 Å². The van der Waals surface area contributed by atoms with Gasteiger partial charge in [-0.1, -0.05) is 18.2 Å². The predicted octanol–water partition coefficient (Wildman–Crippen LogP) is 2.89. The van der Waals surface area contributed by atoms with Crippen LogP contribution in [0, 0.1) is 0 Å². The van der Waals surface area contributed by atoms with Crippen LogP contribution in [0.15, 0.2) is 42.6 Å². The third-order valence-electron chi connectivity index (χ3n) is 4.11. The van der Waals surface area contributed by atoms with E-state index in [4.69, 9.17) is 4.74 Å². The lowest BCUT2D eigenvalue weighted by Crippen LogP contribution is -2.46. The molecule has 1 amide bonds. The summed E-state index contributed by atoms with van der Waals surface area (Å²) in [7, 11) is 0. The van der Waals surface area contributed by atoms with Crippen molar-refractivity contribution in [2.45, 2.75) is 18.7 Å². The molecule has 1 fully saturated rings. The summed E-state index contributed by atoms with van der Waals surface area (Å²) in [5, 5.41) is 9.25. The van der Waals surface area contributed by atoms with E-state index < -0.39 is 17.8 Å². The van der Waals surface area contributed by atoms with Crippen molar-refractivity contribution < 1.29 is 27.8 Å². The number of nitrogens with zero attached hydrogens (tertiary/aromatic N) is 2. The highest BCUT2D eigenvalue weighted by Crippen LogP contribution is 2.30. The molecule has 1 aliphatic rings. The largest absolute Gasteiger partial charge is 0.506 e. The summed E-state index contributed by atoms with van der Waals surface area (Å²) in [6.45, 7) is 0.936. The molecule has 138 valence electrons. The average molecular weight is 366 g/mol. The van der Waals surface area contributed by atoms with Crippen LogP contribution in [0.5, 0.6) is 5.75 Å². The highest BCUT2D eigenvalue weighted by atomic mass is 19.4. The Morgan fingerprint density at radius 3 is 2.81 bits per heavy atom. The Morgan fingerprint density at radius 1 is 1.31 bits per heavy atom. The molecule has 1 N–H and O–H groups in total. The molecule has 1 aromatic carbocycles. The normalized spacial score (nSPS) is 18.0. The molecule has 5 nitrogen and oxygen atoms in total. The van der Waals surface area contributed by atoms with Crippen LogP contribution in [0.3, 0.4) is 0 Å². The minimum atomic E-state index is -4.39. The van der Waals surface area contributed by atoms with Gasteiger partial charge in [-0.2, -0.15) is 13.2 Å². The maximum Gasteiger partial charge on any atom is 0.416 e. The second-order valence-electron chi connectivity index (χ2n) is 6.05. The van der Waals surface area contributed by atoms with E-state index in [2.05, 4.69) is 4.98 Å². The van der Waals surface area contributed by atoms with E-state index in [9.17, 15) is 23.1 Å². The fourth-order valence-electron chi connectivity index (χ4n) is 2.84. The van der Waals surface area contributed by atoms with Crippen molar-refractivity contribution in [3.8, 4) is 5.75 Å². The zero-order valence-corrected chi connectivity index (χ0v) is 13.7. The summed E-state index contributed by atoms with van der Waals surface area (Å²) in [5.41, 5.74) is -0.00330. The summed E-state index contributed by atoms with van der Waals surface area (Å²) in [5.74, 6) is -0.340. The topological polar surface area (TPSA) is 62.7 Å². The molecule has 0 aliphatic carbocycles. The molecule has 0 radical (unpaired) electrons. The van der Waals surface area contributed by atoms with Crippen LogP contribution < -0.4 is 0 Å². The fourth-order valence-corrected chi connectivity index (χ4v) is 2.84. The number of benzene rings is 1. The summed E-state index contributed by atoms with van der Waals surface area (Å²) >= 11 is 0. The highest BCUT2D eigenvalue weighted by molar-refractivity contribution is 5.92. The Bertz CT molecular complexity index is 778. The summed E-state index contributed by atoms with van der Waals surface area (Å²) in [6.07, 6.45) is -3.33. The van der Waals surface area contributed by atoms with Gasteiger partial charge in [-0.05, 0) is 23.8 Å². The van der Waals surface area contributed by atoms with Crippen LogP contribution in [0.2, 0.25) is 0 Å². The minimum Gasteiger partial charge on any atom is -0.506 e. The molecule has 1 saturated heterocycles. The van der Waals surface area contributed by atoms with E-state index >= 15 is 0 Å². The van der Waals surface area contributed by atoms with Crippen LogP contribution in [-0.4, -0.2) is 46.7 Å². The van der Waals surface area contributed by atoms with Crippen molar-refractivity contribution in [1.82, 2.24) is 9.88 Å². The summed E-state index contributed by atoms with van der Waals surface area (Å²) in [4.78, 5) is 17.9. The van der Waals surface area contributed by atoms with Crippen molar-refractivity contribution >= 4 is 5.91 Å². The fraction of sp³-hybridized carbons (Fsp3) is 0.333. The molecule has 0 bridgehead atoms. The van der Waals surface area contributed by atoms with Gasteiger partial charge in [-0.15, -0.1) is 0 Å². The number of carbonyl (C=O) groups excluding carboxylic acids is 1. The number of aromatic hydroxyl groups is 1. The molecule has 0 spiro atoms. The number of aromatic nitrogens is 1. The number of halogens is 3. The van der Waals surface area contributed by atoms with Crippen molar-refractivity contribution in [2.24, 2.45) is 0 Å². The van der Waals surface area contributed by atoms with Gasteiger partial charge >= 0.3 is 6.18 Å². The summed E-state index contributed by atoms with van der Waals surface area (Å²) in [6, 6.07) is 7.91. The maximum absolute atomic E-state index is 12.8. The molecular formula is C18H17F3N2O3. The quantitative estimate of drug-likeness (QED) is 0.907. The molecule has 26 heavy (non-hydrogen) atoms. The van der Waals surface area contributed by atoms with Gasteiger partial charge in [0, 0.05) is 19.5 Å². The van der Waals surface area contributed by atoms with E-state index in [1.807, 2.05) is 0 Å². The van der Waals surface area contributed by atoms with Gasteiger partial charge in [-0.25, -0.2) is 4.98 Å². The molecule has 8 heteroatoms. The van der Waals surface area contributed by atoms with Crippen molar-refractivity contribution in [2.75, 3.05) is 19.7 Å². The first-order valence-electron chi connectivity index (χ1n) is 8.05. The van der Waals surface area contributed by atoms with Gasteiger partial charge in [0.15, 0.2) is 0 Å². The smallest absolute Gasteiger partial charge is 0.416 e. The lowest BCUT2D eigenvalue weighted by molar-refractivity contribution is -0.137.